The minimum Gasteiger partial charge on any atom is -0.334 e. The lowest BCUT2D eigenvalue weighted by Gasteiger charge is -2.35. The van der Waals surface area contributed by atoms with Crippen molar-refractivity contribution in [3.63, 3.8) is 0 Å². The van der Waals surface area contributed by atoms with Crippen LogP contribution in [-0.2, 0) is 0 Å². The van der Waals surface area contributed by atoms with Crippen molar-refractivity contribution in [2.24, 2.45) is 5.92 Å². The molecule has 226 valence electrons. The third-order valence-electron chi connectivity index (χ3n) is 9.22. The van der Waals surface area contributed by atoms with Crippen molar-refractivity contribution >= 4 is 33.5 Å². The molecule has 0 aliphatic heterocycles. The van der Waals surface area contributed by atoms with E-state index in [9.17, 15) is 0 Å². The van der Waals surface area contributed by atoms with E-state index in [2.05, 4.69) is 204 Å². The van der Waals surface area contributed by atoms with Crippen LogP contribution in [0.5, 0.6) is 0 Å². The molecule has 2 unspecified atom stereocenters. The number of hydrogen-bond donors (Lipinski definition) is 0. The molecule has 2 atom stereocenters. The summed E-state index contributed by atoms with van der Waals surface area (Å²) in [7, 11) is 0. The molecule has 0 heterocycles. The average molecular weight is 605 g/mol. The predicted molar refractivity (Wildman–Crippen MR) is 200 cm³/mol. The molecule has 3 aliphatic rings. The predicted octanol–water partition coefficient (Wildman–Crippen LogP) is 11.8. The monoisotopic (exact) mass is 604 g/mol. The van der Waals surface area contributed by atoms with E-state index in [0.717, 1.165) is 17.8 Å². The largest absolute Gasteiger partial charge is 0.334 e. The molecule has 0 fully saturated rings. The zero-order valence-electron chi connectivity index (χ0n) is 26.2. The Bertz CT molecular complexity index is 2100. The second kappa shape index (κ2) is 12.9. The van der Waals surface area contributed by atoms with Crippen LogP contribution >= 0.6 is 0 Å². The summed E-state index contributed by atoms with van der Waals surface area (Å²) in [5.41, 5.74) is 9.59. The van der Waals surface area contributed by atoms with Crippen LogP contribution in [0.4, 0.5) is 22.7 Å². The minimum absolute atomic E-state index is 0.244. The molecule has 5 aromatic rings. The summed E-state index contributed by atoms with van der Waals surface area (Å²) < 4.78 is 0. The van der Waals surface area contributed by atoms with Crippen molar-refractivity contribution in [1.82, 2.24) is 0 Å². The normalized spacial score (nSPS) is 18.0. The molecule has 0 bridgehead atoms. The number of rotatable bonds is 7. The van der Waals surface area contributed by atoms with Gasteiger partial charge in [-0.05, 0) is 77.0 Å². The van der Waals surface area contributed by atoms with E-state index in [-0.39, 0.29) is 12.0 Å². The molecule has 8 rings (SSSR count). The zero-order valence-corrected chi connectivity index (χ0v) is 26.2. The van der Waals surface area contributed by atoms with Crippen LogP contribution in [0.1, 0.15) is 6.42 Å². The van der Waals surface area contributed by atoms with E-state index in [1.807, 2.05) is 0 Å². The van der Waals surface area contributed by atoms with Gasteiger partial charge in [-0.2, -0.15) is 0 Å². The average Bonchev–Trinajstić information content (AvgIpc) is 3.36. The molecule has 0 amide bonds. The number of anilines is 4. The summed E-state index contributed by atoms with van der Waals surface area (Å²) in [5, 5.41) is 2.46. The SMILES string of the molecule is C1=CCC(N(C2=C3C=CC=CC3C=CC=C2)c2ccc(-c3ccc(N(c4ccccc4)c4cccc5ccccc45)cc3)cc2)C=C1. The summed E-state index contributed by atoms with van der Waals surface area (Å²) in [6, 6.07) is 44.0. The second-order valence-corrected chi connectivity index (χ2v) is 12.1. The highest BCUT2D eigenvalue weighted by Crippen LogP contribution is 2.40. The number of allylic oxidation sites excluding steroid dienone is 11. The molecule has 0 saturated carbocycles. The molecule has 5 aromatic carbocycles. The van der Waals surface area contributed by atoms with E-state index in [0.29, 0.717) is 0 Å². The van der Waals surface area contributed by atoms with E-state index in [1.165, 1.54) is 44.5 Å². The third-order valence-corrected chi connectivity index (χ3v) is 9.22. The van der Waals surface area contributed by atoms with Crippen LogP contribution in [0, 0.1) is 5.92 Å². The van der Waals surface area contributed by atoms with Gasteiger partial charge >= 0.3 is 0 Å². The Hall–Kier alpha value is -5.86. The number of nitrogens with zero attached hydrogens (tertiary/aromatic N) is 2. The van der Waals surface area contributed by atoms with Crippen molar-refractivity contribution < 1.29 is 0 Å². The molecule has 2 nitrogen and oxygen atoms in total. The molecule has 2 heteroatoms. The van der Waals surface area contributed by atoms with Gasteiger partial charge in [0.15, 0.2) is 0 Å². The molecular formula is C45H36N2. The molecule has 47 heavy (non-hydrogen) atoms. The van der Waals surface area contributed by atoms with Crippen molar-refractivity contribution in [2.45, 2.75) is 12.5 Å². The number of hydrogen-bond acceptors (Lipinski definition) is 2. The first-order chi connectivity index (χ1) is 23.3. The van der Waals surface area contributed by atoms with Crippen LogP contribution in [-0.4, -0.2) is 6.04 Å². The Morgan fingerprint density at radius 3 is 1.87 bits per heavy atom. The lowest BCUT2D eigenvalue weighted by Crippen LogP contribution is -2.34. The maximum Gasteiger partial charge on any atom is 0.0559 e. The summed E-state index contributed by atoms with van der Waals surface area (Å²) in [6.45, 7) is 0. The van der Waals surface area contributed by atoms with Gasteiger partial charge < -0.3 is 9.80 Å². The fourth-order valence-electron chi connectivity index (χ4n) is 6.92. The van der Waals surface area contributed by atoms with Crippen LogP contribution < -0.4 is 9.80 Å². The molecule has 3 aliphatic carbocycles. The molecule has 0 aromatic heterocycles. The lowest BCUT2D eigenvalue weighted by atomic mass is 9.91. The fourth-order valence-corrected chi connectivity index (χ4v) is 6.92. The highest BCUT2D eigenvalue weighted by atomic mass is 15.2. The second-order valence-electron chi connectivity index (χ2n) is 12.1. The van der Waals surface area contributed by atoms with Gasteiger partial charge in [0.1, 0.15) is 0 Å². The van der Waals surface area contributed by atoms with Crippen molar-refractivity contribution in [2.75, 3.05) is 9.80 Å². The Labute approximate surface area is 277 Å². The van der Waals surface area contributed by atoms with Gasteiger partial charge in [-0.25, -0.2) is 0 Å². The van der Waals surface area contributed by atoms with Crippen LogP contribution in [0.2, 0.25) is 0 Å². The Kier molecular flexibility index (Phi) is 7.83. The van der Waals surface area contributed by atoms with E-state index < -0.39 is 0 Å². The minimum atomic E-state index is 0.244. The van der Waals surface area contributed by atoms with Gasteiger partial charge in [0.25, 0.3) is 0 Å². The van der Waals surface area contributed by atoms with Crippen molar-refractivity contribution in [3.8, 4) is 11.1 Å². The van der Waals surface area contributed by atoms with E-state index in [4.69, 9.17) is 0 Å². The quantitative estimate of drug-likeness (QED) is 0.182. The molecular weight excluding hydrogens is 569 g/mol. The summed E-state index contributed by atoms with van der Waals surface area (Å²) >= 11 is 0. The third kappa shape index (κ3) is 5.71. The smallest absolute Gasteiger partial charge is 0.0559 e. The van der Waals surface area contributed by atoms with Crippen molar-refractivity contribution in [1.29, 1.82) is 0 Å². The van der Waals surface area contributed by atoms with Gasteiger partial charge in [0.05, 0.1) is 11.7 Å². The highest BCUT2D eigenvalue weighted by molar-refractivity contribution is 5.99. The Morgan fingerprint density at radius 1 is 0.489 bits per heavy atom. The topological polar surface area (TPSA) is 6.48 Å². The van der Waals surface area contributed by atoms with Crippen LogP contribution in [0.15, 0.2) is 206 Å². The number of benzene rings is 5. The zero-order chi connectivity index (χ0) is 31.4. The summed E-state index contributed by atoms with van der Waals surface area (Å²) in [6.07, 6.45) is 27.6. The Balaban J connectivity index is 1.14. The summed E-state index contributed by atoms with van der Waals surface area (Å²) in [4.78, 5) is 4.86. The molecule has 0 radical (unpaired) electrons. The number of fused-ring (bicyclic) bond motifs is 2. The van der Waals surface area contributed by atoms with Crippen LogP contribution in [0.25, 0.3) is 21.9 Å². The fraction of sp³-hybridized carbons (Fsp3) is 0.0667. The first-order valence-electron chi connectivity index (χ1n) is 16.4. The Morgan fingerprint density at radius 2 is 1.13 bits per heavy atom. The van der Waals surface area contributed by atoms with Gasteiger partial charge in [-0.15, -0.1) is 0 Å². The first kappa shape index (κ1) is 28.6. The van der Waals surface area contributed by atoms with Crippen molar-refractivity contribution in [3.05, 3.63) is 206 Å². The van der Waals surface area contributed by atoms with Gasteiger partial charge in [-0.3, -0.25) is 0 Å². The standard InChI is InChI=1S/C45H36N2/c1-3-18-38(19-4-1)46(44-24-12-9-16-36-14-7-10-22-42(36)44)40-30-26-34(27-31-40)35-28-32-41(33-29-35)47(39-20-5-2-6-21-39)45-25-13-17-37-15-8-11-23-43(37)45/h1-18,20-33,36,38H,19H2. The highest BCUT2D eigenvalue weighted by Gasteiger charge is 2.25. The number of para-hydroxylation sites is 1. The molecule has 0 N–H and O–H groups in total. The lowest BCUT2D eigenvalue weighted by molar-refractivity contribution is 0.752. The first-order valence-corrected chi connectivity index (χ1v) is 16.4. The van der Waals surface area contributed by atoms with Gasteiger partial charge in [-0.1, -0.05) is 146 Å². The van der Waals surface area contributed by atoms with Gasteiger partial charge in [0.2, 0.25) is 0 Å². The maximum absolute atomic E-state index is 2.50. The van der Waals surface area contributed by atoms with Crippen LogP contribution in [0.3, 0.4) is 0 Å². The van der Waals surface area contributed by atoms with Gasteiger partial charge in [0, 0.05) is 34.1 Å². The molecule has 0 spiro atoms. The summed E-state index contributed by atoms with van der Waals surface area (Å²) in [5.74, 6) is 0.276. The molecule has 0 saturated heterocycles. The van der Waals surface area contributed by atoms with E-state index in [1.54, 1.807) is 0 Å². The van der Waals surface area contributed by atoms with E-state index >= 15 is 0 Å². The maximum atomic E-state index is 2.50.